The van der Waals surface area contributed by atoms with Gasteiger partial charge in [0.25, 0.3) is 0 Å². The summed E-state index contributed by atoms with van der Waals surface area (Å²) in [7, 11) is -1.61. The summed E-state index contributed by atoms with van der Waals surface area (Å²) in [5.74, 6) is 0.769. The van der Waals surface area contributed by atoms with E-state index < -0.39 is 8.32 Å². The molecule has 0 spiro atoms. The maximum absolute atomic E-state index is 11.3. The van der Waals surface area contributed by atoms with Crippen LogP contribution in [0, 0.1) is 5.92 Å². The molecule has 0 bridgehead atoms. The van der Waals surface area contributed by atoms with Crippen LogP contribution in [-0.4, -0.2) is 20.7 Å². The van der Waals surface area contributed by atoms with E-state index in [0.717, 1.165) is 19.4 Å². The van der Waals surface area contributed by atoms with E-state index in [0.29, 0.717) is 12.3 Å². The van der Waals surface area contributed by atoms with E-state index in [9.17, 15) is 4.79 Å². The monoisotopic (exact) mass is 254 g/mol. The van der Waals surface area contributed by atoms with Crippen molar-refractivity contribution in [3.63, 3.8) is 0 Å². The predicted molar refractivity (Wildman–Crippen MR) is 74.6 cm³/mol. The summed E-state index contributed by atoms with van der Waals surface area (Å²) in [4.78, 5) is 11.3. The van der Waals surface area contributed by atoms with Crippen LogP contribution in [0.3, 0.4) is 0 Å². The van der Waals surface area contributed by atoms with Crippen LogP contribution in [-0.2, 0) is 9.22 Å². The van der Waals surface area contributed by atoms with Gasteiger partial charge >= 0.3 is 0 Å². The Labute approximate surface area is 107 Å². The fourth-order valence-electron chi connectivity index (χ4n) is 1.74. The molecule has 0 saturated heterocycles. The van der Waals surface area contributed by atoms with Gasteiger partial charge in [0.2, 0.25) is 0 Å². The number of carbonyl (C=O) groups excluding carboxylic acids is 1. The van der Waals surface area contributed by atoms with Crippen LogP contribution < -0.4 is 0 Å². The molecule has 1 aliphatic carbocycles. The van der Waals surface area contributed by atoms with Crippen molar-refractivity contribution in [1.82, 2.24) is 0 Å². The van der Waals surface area contributed by atoms with Crippen LogP contribution >= 0.6 is 0 Å². The molecule has 1 atom stereocenters. The molecule has 98 valence electrons. The Morgan fingerprint density at radius 1 is 1.41 bits per heavy atom. The van der Waals surface area contributed by atoms with Crippen LogP contribution in [0.25, 0.3) is 0 Å². The standard InChI is InChI=1S/C14H26O2Si/c1-14(2,3)17(4,5)16-10-9-12-7-6-8-13(15)11-12/h6,8,12H,7,9-11H2,1-5H3. The first-order chi connectivity index (χ1) is 7.72. The number of allylic oxidation sites excluding steroid dienone is 2. The SMILES string of the molecule is CC(C)(C)[Si](C)(C)OCCC1CC=CC(=O)C1. The highest BCUT2D eigenvalue weighted by Crippen LogP contribution is 2.36. The van der Waals surface area contributed by atoms with Crippen molar-refractivity contribution in [3.8, 4) is 0 Å². The molecule has 2 nitrogen and oxygen atoms in total. The molecule has 0 aromatic carbocycles. The lowest BCUT2D eigenvalue weighted by atomic mass is 9.91. The molecule has 0 fully saturated rings. The highest BCUT2D eigenvalue weighted by atomic mass is 28.4. The zero-order chi connectivity index (χ0) is 13.1. The van der Waals surface area contributed by atoms with Gasteiger partial charge in [-0.15, -0.1) is 0 Å². The van der Waals surface area contributed by atoms with E-state index in [1.165, 1.54) is 0 Å². The molecule has 1 unspecified atom stereocenters. The topological polar surface area (TPSA) is 26.3 Å². The number of hydrogen-bond acceptors (Lipinski definition) is 2. The molecule has 0 aromatic rings. The van der Waals surface area contributed by atoms with E-state index in [4.69, 9.17) is 4.43 Å². The summed E-state index contributed by atoms with van der Waals surface area (Å²) in [5.41, 5.74) is 0. The molecule has 3 heteroatoms. The minimum atomic E-state index is -1.61. The Balaban J connectivity index is 2.33. The van der Waals surface area contributed by atoms with Gasteiger partial charge in [-0.1, -0.05) is 26.8 Å². The lowest BCUT2D eigenvalue weighted by Crippen LogP contribution is -2.41. The molecular formula is C14H26O2Si. The lowest BCUT2D eigenvalue weighted by Gasteiger charge is -2.36. The molecule has 0 N–H and O–H groups in total. The second-order valence-corrected chi connectivity index (χ2v) is 11.4. The first-order valence-electron chi connectivity index (χ1n) is 6.56. The Morgan fingerprint density at radius 2 is 2.06 bits per heavy atom. The molecule has 1 aliphatic rings. The molecule has 0 radical (unpaired) electrons. The van der Waals surface area contributed by atoms with E-state index in [2.05, 4.69) is 33.9 Å². The summed E-state index contributed by atoms with van der Waals surface area (Å²) in [5, 5.41) is 0.273. The molecular weight excluding hydrogens is 228 g/mol. The summed E-state index contributed by atoms with van der Waals surface area (Å²) in [6.07, 6.45) is 6.47. The molecule has 0 aliphatic heterocycles. The molecule has 0 heterocycles. The van der Waals surface area contributed by atoms with E-state index >= 15 is 0 Å². The minimum absolute atomic E-state index is 0.272. The third-order valence-electron chi connectivity index (χ3n) is 4.06. The van der Waals surface area contributed by atoms with Crippen LogP contribution in [0.1, 0.15) is 40.0 Å². The normalized spacial score (nSPS) is 21.9. The summed E-state index contributed by atoms with van der Waals surface area (Å²) in [6.45, 7) is 12.1. The van der Waals surface area contributed by atoms with Crippen molar-refractivity contribution < 1.29 is 9.22 Å². The fourth-order valence-corrected chi connectivity index (χ4v) is 2.81. The predicted octanol–water partition coefficient (Wildman–Crippen LogP) is 3.93. The molecule has 0 saturated carbocycles. The van der Waals surface area contributed by atoms with Crippen LogP contribution in [0.2, 0.25) is 18.1 Å². The van der Waals surface area contributed by atoms with Crippen LogP contribution in [0.4, 0.5) is 0 Å². The third kappa shape index (κ3) is 4.40. The molecule has 0 aromatic heterocycles. The van der Waals surface area contributed by atoms with Gasteiger partial charge in [0, 0.05) is 13.0 Å². The second-order valence-electron chi connectivity index (χ2n) is 6.57. The summed E-state index contributed by atoms with van der Waals surface area (Å²) >= 11 is 0. The lowest BCUT2D eigenvalue weighted by molar-refractivity contribution is -0.115. The number of hydrogen-bond donors (Lipinski definition) is 0. The van der Waals surface area contributed by atoms with Crippen LogP contribution in [0.15, 0.2) is 12.2 Å². The van der Waals surface area contributed by atoms with E-state index in [1.807, 2.05) is 6.08 Å². The largest absolute Gasteiger partial charge is 0.417 e. The van der Waals surface area contributed by atoms with Gasteiger partial charge in [-0.25, -0.2) is 0 Å². The van der Waals surface area contributed by atoms with Crippen molar-refractivity contribution in [1.29, 1.82) is 0 Å². The van der Waals surface area contributed by atoms with E-state index in [-0.39, 0.29) is 10.8 Å². The first-order valence-corrected chi connectivity index (χ1v) is 9.46. The van der Waals surface area contributed by atoms with Gasteiger partial charge in [-0.05, 0) is 43.0 Å². The third-order valence-corrected chi connectivity index (χ3v) is 8.60. The van der Waals surface area contributed by atoms with Crippen LogP contribution in [0.5, 0.6) is 0 Å². The first kappa shape index (κ1) is 14.6. The summed E-state index contributed by atoms with van der Waals surface area (Å²) in [6, 6.07) is 0. The average molecular weight is 254 g/mol. The van der Waals surface area contributed by atoms with Gasteiger partial charge < -0.3 is 4.43 Å². The van der Waals surface area contributed by atoms with Gasteiger partial charge in [-0.3, -0.25) is 4.79 Å². The van der Waals surface area contributed by atoms with Gasteiger partial charge in [-0.2, -0.15) is 0 Å². The molecule has 1 rings (SSSR count). The Hall–Kier alpha value is -0.413. The average Bonchev–Trinajstić information content (AvgIpc) is 2.15. The molecule has 0 amide bonds. The van der Waals surface area contributed by atoms with Crippen molar-refractivity contribution in [2.75, 3.05) is 6.61 Å². The highest BCUT2D eigenvalue weighted by molar-refractivity contribution is 6.74. The maximum atomic E-state index is 11.3. The quantitative estimate of drug-likeness (QED) is 0.710. The smallest absolute Gasteiger partial charge is 0.191 e. The van der Waals surface area contributed by atoms with Crippen molar-refractivity contribution in [2.24, 2.45) is 5.92 Å². The zero-order valence-electron chi connectivity index (χ0n) is 11.9. The highest BCUT2D eigenvalue weighted by Gasteiger charge is 2.37. The number of ketones is 1. The summed E-state index contributed by atoms with van der Waals surface area (Å²) < 4.78 is 6.14. The van der Waals surface area contributed by atoms with Crippen molar-refractivity contribution in [2.45, 2.75) is 58.2 Å². The Kier molecular flexibility index (Phi) is 4.73. The Morgan fingerprint density at radius 3 is 2.59 bits per heavy atom. The Bertz CT molecular complexity index is 300. The van der Waals surface area contributed by atoms with Crippen molar-refractivity contribution >= 4 is 14.1 Å². The van der Waals surface area contributed by atoms with Gasteiger partial charge in [0.05, 0.1) is 0 Å². The second kappa shape index (κ2) is 5.49. The van der Waals surface area contributed by atoms with Gasteiger partial charge in [0.1, 0.15) is 0 Å². The van der Waals surface area contributed by atoms with E-state index in [1.54, 1.807) is 6.08 Å². The van der Waals surface area contributed by atoms with Crippen molar-refractivity contribution in [3.05, 3.63) is 12.2 Å². The maximum Gasteiger partial charge on any atom is 0.191 e. The number of carbonyl (C=O) groups is 1. The number of rotatable bonds is 4. The molecule has 17 heavy (non-hydrogen) atoms. The zero-order valence-corrected chi connectivity index (χ0v) is 12.9. The van der Waals surface area contributed by atoms with Gasteiger partial charge in [0.15, 0.2) is 14.1 Å². The fraction of sp³-hybridized carbons (Fsp3) is 0.786. The minimum Gasteiger partial charge on any atom is -0.417 e.